The summed E-state index contributed by atoms with van der Waals surface area (Å²) in [6, 6.07) is 6.10. The minimum atomic E-state index is -0.674. The van der Waals surface area contributed by atoms with E-state index in [9.17, 15) is 13.6 Å². The average molecular weight is 501 g/mol. The molecule has 3 heterocycles. The average Bonchev–Trinajstić information content (AvgIpc) is 3.07. The van der Waals surface area contributed by atoms with Gasteiger partial charge in [0.15, 0.2) is 0 Å². The van der Waals surface area contributed by atoms with Crippen molar-refractivity contribution in [2.24, 2.45) is 7.05 Å². The summed E-state index contributed by atoms with van der Waals surface area (Å²) >= 11 is 0. The van der Waals surface area contributed by atoms with Gasteiger partial charge in [-0.15, -0.1) is 0 Å². The Bertz CT molecular complexity index is 1260. The number of hydrogen-bond donors (Lipinski definition) is 2. The van der Waals surface area contributed by atoms with Crippen LogP contribution in [0.15, 0.2) is 35.3 Å². The fraction of sp³-hybridized carbons (Fsp3) is 0.462. The number of alkyl halides is 1. The minimum Gasteiger partial charge on any atom is -0.478 e. The van der Waals surface area contributed by atoms with E-state index in [1.54, 1.807) is 36.0 Å². The highest BCUT2D eigenvalue weighted by Crippen LogP contribution is 2.36. The molecule has 0 radical (unpaired) electrons. The van der Waals surface area contributed by atoms with Crippen molar-refractivity contribution >= 4 is 11.5 Å². The highest BCUT2D eigenvalue weighted by molar-refractivity contribution is 5.85. The van der Waals surface area contributed by atoms with Crippen LogP contribution < -0.4 is 21.9 Å². The van der Waals surface area contributed by atoms with E-state index in [0.29, 0.717) is 47.7 Å². The second-order valence-corrected chi connectivity index (χ2v) is 9.56. The van der Waals surface area contributed by atoms with Gasteiger partial charge in [0.1, 0.15) is 17.8 Å². The van der Waals surface area contributed by atoms with Gasteiger partial charge < -0.3 is 21.1 Å². The molecular formula is C26H34F2N6O2. The summed E-state index contributed by atoms with van der Waals surface area (Å²) in [4.78, 5) is 19.3. The topological polar surface area (TPSA) is 104 Å². The lowest BCUT2D eigenvalue weighted by atomic mass is 10.00. The van der Waals surface area contributed by atoms with Crippen LogP contribution in [0.25, 0.3) is 22.4 Å². The Balaban J connectivity index is 1.50. The molecule has 194 valence electrons. The van der Waals surface area contributed by atoms with E-state index in [1.807, 2.05) is 13.8 Å². The second kappa shape index (κ2) is 10.7. The molecule has 1 fully saturated rings. The molecule has 2 aromatic heterocycles. The number of nitrogens with two attached hydrogens (primary N) is 2. The molecule has 0 aliphatic carbocycles. The zero-order chi connectivity index (χ0) is 26.0. The van der Waals surface area contributed by atoms with E-state index < -0.39 is 12.0 Å². The summed E-state index contributed by atoms with van der Waals surface area (Å²) in [5.74, 6) is 0.198. The first-order valence-corrected chi connectivity index (χ1v) is 12.3. The number of anilines is 2. The van der Waals surface area contributed by atoms with Gasteiger partial charge in [0.25, 0.3) is 0 Å². The van der Waals surface area contributed by atoms with E-state index in [4.69, 9.17) is 16.2 Å². The Morgan fingerprint density at radius 3 is 2.53 bits per heavy atom. The van der Waals surface area contributed by atoms with Gasteiger partial charge in [-0.3, -0.25) is 9.13 Å². The number of ether oxygens (including phenoxy) is 1. The third kappa shape index (κ3) is 5.23. The maximum atomic E-state index is 15.0. The summed E-state index contributed by atoms with van der Waals surface area (Å²) in [6.45, 7) is 6.66. The highest BCUT2D eigenvalue weighted by Gasteiger charge is 2.23. The van der Waals surface area contributed by atoms with Crippen molar-refractivity contribution in [1.82, 2.24) is 19.0 Å². The summed E-state index contributed by atoms with van der Waals surface area (Å²) in [5.41, 5.74) is 14.1. The van der Waals surface area contributed by atoms with Crippen LogP contribution in [-0.2, 0) is 7.05 Å². The number of piperidine rings is 1. The summed E-state index contributed by atoms with van der Waals surface area (Å²) in [5, 5.41) is 0. The number of nitrogens with zero attached hydrogens (tertiary/aromatic N) is 4. The molecule has 3 aromatic rings. The number of benzene rings is 1. The zero-order valence-corrected chi connectivity index (χ0v) is 21.0. The first-order chi connectivity index (χ1) is 17.2. The molecule has 1 saturated heterocycles. The van der Waals surface area contributed by atoms with Gasteiger partial charge in [0.2, 0.25) is 5.88 Å². The smallest absolute Gasteiger partial charge is 0.330 e. The number of halogens is 2. The van der Waals surface area contributed by atoms with Crippen molar-refractivity contribution in [3.63, 3.8) is 0 Å². The Hall–Kier alpha value is -3.40. The second-order valence-electron chi connectivity index (χ2n) is 9.56. The van der Waals surface area contributed by atoms with Gasteiger partial charge in [0.05, 0.1) is 12.3 Å². The van der Waals surface area contributed by atoms with Crippen LogP contribution in [-0.4, -0.2) is 51.4 Å². The predicted octanol–water partition coefficient (Wildman–Crippen LogP) is 4.00. The summed E-state index contributed by atoms with van der Waals surface area (Å²) < 4.78 is 36.9. The standard InChI is InChI=1S/C26H34F2N6O2/c1-16(2)34-24(25(30)32(3)26(34)35)20-13-19(21(28)14-22(20)29)17-5-6-23(31-15-17)36-12-4-9-33-10-7-18(27)8-11-33/h5-6,13-16,18H,4,7-12,29-30H2,1-3H3. The lowest BCUT2D eigenvalue weighted by molar-refractivity contribution is 0.142. The zero-order valence-electron chi connectivity index (χ0n) is 21.0. The predicted molar refractivity (Wildman–Crippen MR) is 138 cm³/mol. The maximum absolute atomic E-state index is 15.0. The Kier molecular flexibility index (Phi) is 7.63. The monoisotopic (exact) mass is 500 g/mol. The number of aromatic nitrogens is 3. The van der Waals surface area contributed by atoms with Gasteiger partial charge in [-0.1, -0.05) is 0 Å². The molecule has 10 heteroatoms. The quantitative estimate of drug-likeness (QED) is 0.358. The molecule has 0 atom stereocenters. The van der Waals surface area contributed by atoms with Gasteiger partial charge in [0, 0.05) is 67.4 Å². The van der Waals surface area contributed by atoms with Crippen molar-refractivity contribution in [2.75, 3.05) is 37.7 Å². The molecular weight excluding hydrogens is 466 g/mol. The van der Waals surface area contributed by atoms with Crippen LogP contribution in [0.4, 0.5) is 20.3 Å². The Morgan fingerprint density at radius 2 is 1.89 bits per heavy atom. The number of nitrogen functional groups attached to an aromatic ring is 2. The largest absolute Gasteiger partial charge is 0.478 e. The van der Waals surface area contributed by atoms with Crippen molar-refractivity contribution in [2.45, 2.75) is 45.3 Å². The van der Waals surface area contributed by atoms with E-state index in [1.165, 1.54) is 10.6 Å². The lowest BCUT2D eigenvalue weighted by Gasteiger charge is -2.28. The third-order valence-corrected chi connectivity index (χ3v) is 6.68. The molecule has 0 amide bonds. The van der Waals surface area contributed by atoms with Crippen LogP contribution in [0.3, 0.4) is 0 Å². The van der Waals surface area contributed by atoms with Crippen LogP contribution in [0.5, 0.6) is 5.88 Å². The van der Waals surface area contributed by atoms with Crippen LogP contribution in [0, 0.1) is 5.82 Å². The van der Waals surface area contributed by atoms with Gasteiger partial charge in [-0.05, 0) is 51.3 Å². The van der Waals surface area contributed by atoms with Gasteiger partial charge in [-0.25, -0.2) is 18.6 Å². The van der Waals surface area contributed by atoms with E-state index in [2.05, 4.69) is 9.88 Å². The molecule has 0 bridgehead atoms. The van der Waals surface area contributed by atoms with E-state index >= 15 is 0 Å². The number of imidazole rings is 1. The normalized spacial score (nSPS) is 15.1. The van der Waals surface area contributed by atoms with Crippen LogP contribution in [0.2, 0.25) is 0 Å². The fourth-order valence-corrected chi connectivity index (χ4v) is 4.62. The van der Waals surface area contributed by atoms with Crippen molar-refractivity contribution < 1.29 is 13.5 Å². The molecule has 0 unspecified atom stereocenters. The molecule has 1 aromatic carbocycles. The molecule has 1 aliphatic rings. The van der Waals surface area contributed by atoms with Crippen molar-refractivity contribution in [3.05, 3.63) is 46.8 Å². The van der Waals surface area contributed by atoms with Crippen LogP contribution >= 0.6 is 0 Å². The summed E-state index contributed by atoms with van der Waals surface area (Å²) in [7, 11) is 1.59. The SMILES string of the molecule is CC(C)n1c(-c2cc(-c3ccc(OCCCN4CCC(F)CC4)nc3)c(F)cc2N)c(N)n(C)c1=O. The maximum Gasteiger partial charge on any atom is 0.330 e. The Labute approximate surface area is 209 Å². The summed E-state index contributed by atoms with van der Waals surface area (Å²) in [6.07, 6.45) is 2.88. The van der Waals surface area contributed by atoms with E-state index in [-0.39, 0.29) is 23.2 Å². The molecule has 8 nitrogen and oxygen atoms in total. The van der Waals surface area contributed by atoms with Gasteiger partial charge >= 0.3 is 5.69 Å². The Morgan fingerprint density at radius 1 is 1.17 bits per heavy atom. The molecule has 0 saturated carbocycles. The molecule has 4 rings (SSSR count). The number of pyridine rings is 1. The first-order valence-electron chi connectivity index (χ1n) is 12.3. The minimum absolute atomic E-state index is 0.169. The van der Waals surface area contributed by atoms with Crippen molar-refractivity contribution in [3.8, 4) is 28.3 Å². The first kappa shape index (κ1) is 25.7. The van der Waals surface area contributed by atoms with E-state index in [0.717, 1.165) is 26.1 Å². The third-order valence-electron chi connectivity index (χ3n) is 6.68. The van der Waals surface area contributed by atoms with Crippen LogP contribution in [0.1, 0.15) is 39.2 Å². The number of rotatable bonds is 8. The number of hydrogen-bond acceptors (Lipinski definition) is 6. The molecule has 4 N–H and O–H groups in total. The van der Waals surface area contributed by atoms with Crippen molar-refractivity contribution in [1.29, 1.82) is 0 Å². The van der Waals surface area contributed by atoms with Gasteiger partial charge in [-0.2, -0.15) is 0 Å². The highest BCUT2D eigenvalue weighted by atomic mass is 19.1. The fourth-order valence-electron chi connectivity index (χ4n) is 4.62. The lowest BCUT2D eigenvalue weighted by Crippen LogP contribution is -2.35. The molecule has 1 aliphatic heterocycles. The number of likely N-dealkylation sites (tertiary alicyclic amines) is 1. The molecule has 0 spiro atoms. The molecule has 36 heavy (non-hydrogen) atoms.